The summed E-state index contributed by atoms with van der Waals surface area (Å²) in [6.07, 6.45) is 4.61. The summed E-state index contributed by atoms with van der Waals surface area (Å²) in [6, 6.07) is 7.08. The lowest BCUT2D eigenvalue weighted by molar-refractivity contribution is 0.510. The molecule has 0 amide bonds. The smallest absolute Gasteiger partial charge is 0.184 e. The van der Waals surface area contributed by atoms with Gasteiger partial charge in [-0.2, -0.15) is 0 Å². The predicted molar refractivity (Wildman–Crippen MR) is 86.2 cm³/mol. The molecular formula is C16H13F2N5O. The summed E-state index contributed by atoms with van der Waals surface area (Å²) in [6.45, 7) is 0. The van der Waals surface area contributed by atoms with Crippen LogP contribution in [0.4, 0.5) is 20.3 Å². The van der Waals surface area contributed by atoms with E-state index in [1.54, 1.807) is 18.3 Å². The van der Waals surface area contributed by atoms with Crippen molar-refractivity contribution in [2.45, 2.75) is 0 Å². The lowest BCUT2D eigenvalue weighted by atomic mass is 10.1. The fraction of sp³-hybridized carbons (Fsp3) is 0. The lowest BCUT2D eigenvalue weighted by Crippen LogP contribution is -2.31. The SMILES string of the molecule is NNC(=Nc1cccc(F)c1F)c1cc(-c2ccoc2)cnc1N. The second-order valence-electron chi connectivity index (χ2n) is 4.85. The second-order valence-corrected chi connectivity index (χ2v) is 4.85. The quantitative estimate of drug-likeness (QED) is 0.297. The lowest BCUT2D eigenvalue weighted by Gasteiger charge is -2.10. The van der Waals surface area contributed by atoms with Gasteiger partial charge in [-0.3, -0.25) is 0 Å². The maximum absolute atomic E-state index is 13.8. The molecular weight excluding hydrogens is 316 g/mol. The number of hydrogen-bond acceptors (Lipinski definition) is 5. The van der Waals surface area contributed by atoms with E-state index < -0.39 is 11.6 Å². The van der Waals surface area contributed by atoms with Crippen molar-refractivity contribution in [3.8, 4) is 11.1 Å². The first kappa shape index (κ1) is 15.6. The highest BCUT2D eigenvalue weighted by Crippen LogP contribution is 2.25. The van der Waals surface area contributed by atoms with Gasteiger partial charge in [0.15, 0.2) is 17.5 Å². The number of rotatable bonds is 3. The molecule has 0 saturated carbocycles. The summed E-state index contributed by atoms with van der Waals surface area (Å²) in [4.78, 5) is 8.09. The van der Waals surface area contributed by atoms with Crippen LogP contribution in [0.2, 0.25) is 0 Å². The van der Waals surface area contributed by atoms with Crippen LogP contribution in [-0.4, -0.2) is 10.8 Å². The van der Waals surface area contributed by atoms with Gasteiger partial charge in [0.05, 0.1) is 18.1 Å². The minimum atomic E-state index is -1.08. The van der Waals surface area contributed by atoms with Gasteiger partial charge in [-0.15, -0.1) is 0 Å². The van der Waals surface area contributed by atoms with Crippen molar-refractivity contribution in [2.24, 2.45) is 10.8 Å². The summed E-state index contributed by atoms with van der Waals surface area (Å²) >= 11 is 0. The number of pyridine rings is 1. The number of hydrogen-bond donors (Lipinski definition) is 3. The van der Waals surface area contributed by atoms with Crippen LogP contribution in [0, 0.1) is 11.6 Å². The Morgan fingerprint density at radius 3 is 2.75 bits per heavy atom. The number of nitrogens with two attached hydrogens (primary N) is 2. The molecule has 2 aromatic heterocycles. The molecule has 24 heavy (non-hydrogen) atoms. The number of benzene rings is 1. The summed E-state index contributed by atoms with van der Waals surface area (Å²) in [7, 11) is 0. The minimum absolute atomic E-state index is 0.0508. The van der Waals surface area contributed by atoms with E-state index in [1.165, 1.54) is 24.7 Å². The first-order valence-electron chi connectivity index (χ1n) is 6.88. The van der Waals surface area contributed by atoms with Crippen molar-refractivity contribution >= 4 is 17.3 Å². The Hall–Kier alpha value is -3.26. The average Bonchev–Trinajstić information content (AvgIpc) is 3.11. The number of aromatic nitrogens is 1. The number of nitrogens with zero attached hydrogens (tertiary/aromatic N) is 2. The zero-order valence-corrected chi connectivity index (χ0v) is 12.3. The summed E-state index contributed by atoms with van der Waals surface area (Å²) in [5, 5.41) is 0. The van der Waals surface area contributed by atoms with Crippen molar-refractivity contribution in [2.75, 3.05) is 5.73 Å². The largest absolute Gasteiger partial charge is 0.472 e. The van der Waals surface area contributed by atoms with E-state index in [-0.39, 0.29) is 17.3 Å². The molecule has 0 atom stereocenters. The summed E-state index contributed by atoms with van der Waals surface area (Å²) in [5.41, 5.74) is 9.82. The average molecular weight is 329 g/mol. The van der Waals surface area contributed by atoms with Crippen LogP contribution < -0.4 is 17.0 Å². The summed E-state index contributed by atoms with van der Waals surface area (Å²) < 4.78 is 32.2. The Labute approximate surface area is 135 Å². The van der Waals surface area contributed by atoms with Gasteiger partial charge in [-0.25, -0.2) is 24.6 Å². The zero-order chi connectivity index (χ0) is 17.1. The number of furan rings is 1. The van der Waals surface area contributed by atoms with Crippen molar-refractivity contribution in [1.29, 1.82) is 0 Å². The molecule has 0 bridgehead atoms. The molecule has 3 rings (SSSR count). The number of aliphatic imine (C=N–C) groups is 1. The topological polar surface area (TPSA) is 102 Å². The Morgan fingerprint density at radius 1 is 1.21 bits per heavy atom. The maximum atomic E-state index is 13.8. The van der Waals surface area contributed by atoms with Gasteiger partial charge in [0.2, 0.25) is 0 Å². The molecule has 0 aliphatic heterocycles. The molecule has 8 heteroatoms. The maximum Gasteiger partial charge on any atom is 0.184 e. The molecule has 0 aliphatic rings. The van der Waals surface area contributed by atoms with Crippen LogP contribution in [0.1, 0.15) is 5.56 Å². The molecule has 3 aromatic rings. The molecule has 122 valence electrons. The molecule has 0 unspecified atom stereocenters. The first-order chi connectivity index (χ1) is 11.6. The Bertz CT molecular complexity index is 893. The third-order valence-electron chi connectivity index (χ3n) is 3.33. The van der Waals surface area contributed by atoms with E-state index in [4.69, 9.17) is 16.0 Å². The van der Waals surface area contributed by atoms with Gasteiger partial charge in [0, 0.05) is 17.3 Å². The molecule has 5 N–H and O–H groups in total. The number of amidine groups is 1. The molecule has 0 fully saturated rings. The highest BCUT2D eigenvalue weighted by molar-refractivity contribution is 6.04. The van der Waals surface area contributed by atoms with E-state index in [2.05, 4.69) is 15.4 Å². The van der Waals surface area contributed by atoms with E-state index in [0.29, 0.717) is 11.1 Å². The molecule has 2 heterocycles. The molecule has 0 saturated heterocycles. The third-order valence-corrected chi connectivity index (χ3v) is 3.33. The van der Waals surface area contributed by atoms with Gasteiger partial charge in [0.1, 0.15) is 11.5 Å². The monoisotopic (exact) mass is 329 g/mol. The van der Waals surface area contributed by atoms with Gasteiger partial charge in [-0.05, 0) is 24.3 Å². The molecule has 0 radical (unpaired) electrons. The van der Waals surface area contributed by atoms with Crippen LogP contribution in [0.5, 0.6) is 0 Å². The normalized spacial score (nSPS) is 11.5. The molecule has 1 aromatic carbocycles. The third kappa shape index (κ3) is 2.95. The minimum Gasteiger partial charge on any atom is -0.472 e. The van der Waals surface area contributed by atoms with E-state index >= 15 is 0 Å². The van der Waals surface area contributed by atoms with Gasteiger partial charge >= 0.3 is 0 Å². The van der Waals surface area contributed by atoms with Crippen molar-refractivity contribution in [3.63, 3.8) is 0 Å². The van der Waals surface area contributed by atoms with E-state index in [9.17, 15) is 8.78 Å². The van der Waals surface area contributed by atoms with Crippen LogP contribution in [0.15, 0.2) is 58.5 Å². The number of hydrazine groups is 1. The van der Waals surface area contributed by atoms with Crippen molar-refractivity contribution in [1.82, 2.24) is 10.4 Å². The second kappa shape index (κ2) is 6.47. The van der Waals surface area contributed by atoms with Crippen LogP contribution in [-0.2, 0) is 0 Å². The number of halogens is 2. The number of nitrogens with one attached hydrogen (secondary N) is 1. The predicted octanol–water partition coefficient (Wildman–Crippen LogP) is 2.74. The zero-order valence-electron chi connectivity index (χ0n) is 12.3. The van der Waals surface area contributed by atoms with Gasteiger partial charge < -0.3 is 15.6 Å². The fourth-order valence-electron chi connectivity index (χ4n) is 2.12. The van der Waals surface area contributed by atoms with Crippen LogP contribution in [0.25, 0.3) is 11.1 Å². The standard InChI is InChI=1S/C16H13F2N5O/c17-12-2-1-3-13(14(12)18)22-16(23-20)11-6-10(7-21-15(11)19)9-4-5-24-8-9/h1-8H,20H2,(H2,19,21)(H,22,23). The Balaban J connectivity index is 2.09. The van der Waals surface area contributed by atoms with E-state index in [1.807, 2.05) is 0 Å². The van der Waals surface area contributed by atoms with E-state index in [0.717, 1.165) is 11.6 Å². The highest BCUT2D eigenvalue weighted by Gasteiger charge is 2.13. The molecule has 0 spiro atoms. The summed E-state index contributed by atoms with van der Waals surface area (Å²) in [5.74, 6) is 3.58. The van der Waals surface area contributed by atoms with Gasteiger partial charge in [0.25, 0.3) is 0 Å². The highest BCUT2D eigenvalue weighted by atomic mass is 19.2. The van der Waals surface area contributed by atoms with Gasteiger partial charge in [-0.1, -0.05) is 6.07 Å². The Morgan fingerprint density at radius 2 is 2.04 bits per heavy atom. The number of anilines is 1. The van der Waals surface area contributed by atoms with Crippen LogP contribution in [0.3, 0.4) is 0 Å². The van der Waals surface area contributed by atoms with Crippen LogP contribution >= 0.6 is 0 Å². The number of nitrogen functional groups attached to an aromatic ring is 1. The van der Waals surface area contributed by atoms with Crippen molar-refractivity contribution < 1.29 is 13.2 Å². The first-order valence-corrected chi connectivity index (χ1v) is 6.88. The van der Waals surface area contributed by atoms with Crippen molar-refractivity contribution in [3.05, 3.63) is 66.3 Å². The Kier molecular flexibility index (Phi) is 4.21. The molecule has 0 aliphatic carbocycles. The fourth-order valence-corrected chi connectivity index (χ4v) is 2.12. The molecule has 6 nitrogen and oxygen atoms in total.